The van der Waals surface area contributed by atoms with E-state index in [4.69, 9.17) is 14.2 Å². The first-order valence-corrected chi connectivity index (χ1v) is 9.44. The topological polar surface area (TPSA) is 56.8 Å². The predicted octanol–water partition coefficient (Wildman–Crippen LogP) is 4.34. The number of hydrogen-bond donors (Lipinski definition) is 1. The van der Waals surface area contributed by atoms with Crippen molar-refractivity contribution in [3.63, 3.8) is 0 Å². The molecule has 5 nitrogen and oxygen atoms in total. The maximum Gasteiger partial charge on any atom is 0.251 e. The molecule has 0 spiro atoms. The molecule has 0 aromatic heterocycles. The van der Waals surface area contributed by atoms with E-state index in [1.165, 1.54) is 5.56 Å². The van der Waals surface area contributed by atoms with Crippen LogP contribution in [0.25, 0.3) is 0 Å². The van der Waals surface area contributed by atoms with Crippen LogP contribution in [0.2, 0.25) is 0 Å². The average molecular weight is 386 g/mol. The summed E-state index contributed by atoms with van der Waals surface area (Å²) in [7, 11) is 3.22. The summed E-state index contributed by atoms with van der Waals surface area (Å²) in [5, 5.41) is 2.91. The van der Waals surface area contributed by atoms with Crippen molar-refractivity contribution >= 4 is 5.91 Å². The number of nitrogens with one attached hydrogen (secondary N) is 1. The van der Waals surface area contributed by atoms with Gasteiger partial charge in [0.25, 0.3) is 5.91 Å². The van der Waals surface area contributed by atoms with Gasteiger partial charge in [-0.2, -0.15) is 0 Å². The number of benzene rings is 2. The van der Waals surface area contributed by atoms with Crippen LogP contribution in [-0.2, 0) is 16.8 Å². The smallest absolute Gasteiger partial charge is 0.251 e. The molecular formula is C23H31NO4. The summed E-state index contributed by atoms with van der Waals surface area (Å²) in [6.45, 7) is 9.21. The van der Waals surface area contributed by atoms with E-state index in [0.29, 0.717) is 24.5 Å². The van der Waals surface area contributed by atoms with Crippen LogP contribution in [0.5, 0.6) is 11.5 Å². The van der Waals surface area contributed by atoms with Crippen LogP contribution in [0, 0.1) is 0 Å². The Balaban J connectivity index is 2.10. The largest absolute Gasteiger partial charge is 0.496 e. The van der Waals surface area contributed by atoms with Crippen LogP contribution in [-0.4, -0.2) is 32.8 Å². The highest BCUT2D eigenvalue weighted by Gasteiger charge is 2.15. The maximum absolute atomic E-state index is 12.4. The lowest BCUT2D eigenvalue weighted by atomic mass is 9.87. The second kappa shape index (κ2) is 9.60. The van der Waals surface area contributed by atoms with Gasteiger partial charge in [0.2, 0.25) is 0 Å². The van der Waals surface area contributed by atoms with Gasteiger partial charge < -0.3 is 19.5 Å². The Labute approximate surface area is 168 Å². The van der Waals surface area contributed by atoms with Gasteiger partial charge in [-0.3, -0.25) is 4.79 Å². The van der Waals surface area contributed by atoms with Gasteiger partial charge in [-0.15, -0.1) is 0 Å². The van der Waals surface area contributed by atoms with Crippen molar-refractivity contribution in [2.45, 2.75) is 45.8 Å². The Bertz CT molecular complexity index is 778. The van der Waals surface area contributed by atoms with Crippen molar-refractivity contribution in [1.82, 2.24) is 5.32 Å². The van der Waals surface area contributed by atoms with Gasteiger partial charge >= 0.3 is 0 Å². The fraction of sp³-hybridized carbons (Fsp3) is 0.435. The Morgan fingerprint density at radius 3 is 2.32 bits per heavy atom. The summed E-state index contributed by atoms with van der Waals surface area (Å²) in [5.74, 6) is 1.31. The molecule has 1 N–H and O–H groups in total. The van der Waals surface area contributed by atoms with Crippen molar-refractivity contribution in [2.75, 3.05) is 20.8 Å². The van der Waals surface area contributed by atoms with Gasteiger partial charge in [-0.1, -0.05) is 32.9 Å². The van der Waals surface area contributed by atoms with Gasteiger partial charge in [0.05, 0.1) is 13.7 Å². The summed E-state index contributed by atoms with van der Waals surface area (Å²) >= 11 is 0. The highest BCUT2D eigenvalue weighted by atomic mass is 16.5. The summed E-state index contributed by atoms with van der Waals surface area (Å²) in [4.78, 5) is 12.4. The molecule has 0 saturated heterocycles. The highest BCUT2D eigenvalue weighted by molar-refractivity contribution is 5.94. The second-order valence-electron chi connectivity index (χ2n) is 7.92. The lowest BCUT2D eigenvalue weighted by Gasteiger charge is -2.19. The van der Waals surface area contributed by atoms with E-state index in [1.807, 2.05) is 19.1 Å². The molecule has 0 fully saturated rings. The molecule has 2 aromatic carbocycles. The van der Waals surface area contributed by atoms with Crippen molar-refractivity contribution in [3.8, 4) is 11.5 Å². The number of amides is 1. The zero-order chi connectivity index (χ0) is 20.7. The van der Waals surface area contributed by atoms with E-state index in [2.05, 4.69) is 38.2 Å². The fourth-order valence-corrected chi connectivity index (χ4v) is 2.84. The third kappa shape index (κ3) is 5.99. The molecule has 0 saturated carbocycles. The molecule has 0 bridgehead atoms. The summed E-state index contributed by atoms with van der Waals surface area (Å²) < 4.78 is 16.4. The first-order chi connectivity index (χ1) is 13.2. The average Bonchev–Trinajstić information content (AvgIpc) is 2.65. The second-order valence-corrected chi connectivity index (χ2v) is 7.92. The standard InChI is InChI=1S/C23H31NO4/c1-16(14-26-5)24-22(25)17-7-12-21(27-6)18(13-17)15-28-20-10-8-19(9-11-20)23(2,3)4/h7-13,16H,14-15H2,1-6H3,(H,24,25)/t16-/m0/s1. The van der Waals surface area contributed by atoms with Crippen molar-refractivity contribution in [1.29, 1.82) is 0 Å². The monoisotopic (exact) mass is 385 g/mol. The normalized spacial score (nSPS) is 12.4. The lowest BCUT2D eigenvalue weighted by Crippen LogP contribution is -2.35. The van der Waals surface area contributed by atoms with Gasteiger partial charge in [-0.25, -0.2) is 0 Å². The minimum absolute atomic E-state index is 0.0689. The quantitative estimate of drug-likeness (QED) is 0.735. The van der Waals surface area contributed by atoms with Gasteiger partial charge in [-0.05, 0) is 48.2 Å². The Kier molecular flexibility index (Phi) is 7.46. The zero-order valence-electron chi connectivity index (χ0n) is 17.7. The third-order valence-corrected chi connectivity index (χ3v) is 4.45. The van der Waals surface area contributed by atoms with Crippen LogP contribution in [0.4, 0.5) is 0 Å². The number of carbonyl (C=O) groups excluding carboxylic acids is 1. The van der Waals surface area contributed by atoms with Crippen LogP contribution in [0.3, 0.4) is 0 Å². The summed E-state index contributed by atoms with van der Waals surface area (Å²) in [6, 6.07) is 13.4. The van der Waals surface area contributed by atoms with Crippen molar-refractivity contribution < 1.29 is 19.0 Å². The number of ether oxygens (including phenoxy) is 3. The first kappa shape index (κ1) is 21.8. The Morgan fingerprint density at radius 2 is 1.75 bits per heavy atom. The molecular weight excluding hydrogens is 354 g/mol. The molecule has 2 aromatic rings. The molecule has 0 heterocycles. The van der Waals surface area contributed by atoms with E-state index in [-0.39, 0.29) is 17.4 Å². The highest BCUT2D eigenvalue weighted by Crippen LogP contribution is 2.26. The molecule has 28 heavy (non-hydrogen) atoms. The molecule has 0 aliphatic rings. The van der Waals surface area contributed by atoms with Crippen molar-refractivity contribution in [3.05, 3.63) is 59.2 Å². The number of carbonyl (C=O) groups is 1. The first-order valence-electron chi connectivity index (χ1n) is 9.44. The molecule has 0 radical (unpaired) electrons. The molecule has 0 aliphatic heterocycles. The Morgan fingerprint density at radius 1 is 1.07 bits per heavy atom. The van der Waals surface area contributed by atoms with Gasteiger partial charge in [0.1, 0.15) is 18.1 Å². The molecule has 5 heteroatoms. The van der Waals surface area contributed by atoms with Gasteiger partial charge in [0, 0.05) is 24.3 Å². The third-order valence-electron chi connectivity index (χ3n) is 4.45. The maximum atomic E-state index is 12.4. The number of hydrogen-bond acceptors (Lipinski definition) is 4. The fourth-order valence-electron chi connectivity index (χ4n) is 2.84. The number of rotatable bonds is 8. The Hall–Kier alpha value is -2.53. The van der Waals surface area contributed by atoms with Crippen LogP contribution in [0.15, 0.2) is 42.5 Å². The summed E-state index contributed by atoms with van der Waals surface area (Å²) in [6.07, 6.45) is 0. The van der Waals surface area contributed by atoms with E-state index in [9.17, 15) is 4.79 Å². The molecule has 1 atom stereocenters. The van der Waals surface area contributed by atoms with Crippen molar-refractivity contribution in [2.24, 2.45) is 0 Å². The minimum Gasteiger partial charge on any atom is -0.496 e. The summed E-state index contributed by atoms with van der Waals surface area (Å²) in [5.41, 5.74) is 2.73. The van der Waals surface area contributed by atoms with E-state index >= 15 is 0 Å². The van der Waals surface area contributed by atoms with Crippen LogP contribution in [0.1, 0.15) is 49.2 Å². The van der Waals surface area contributed by atoms with E-state index < -0.39 is 0 Å². The molecule has 0 unspecified atom stereocenters. The SMILES string of the molecule is COC[C@H](C)NC(=O)c1ccc(OC)c(COc2ccc(C(C)(C)C)cc2)c1. The zero-order valence-corrected chi connectivity index (χ0v) is 17.7. The lowest BCUT2D eigenvalue weighted by molar-refractivity contribution is 0.0905. The van der Waals surface area contributed by atoms with Crippen LogP contribution >= 0.6 is 0 Å². The van der Waals surface area contributed by atoms with Gasteiger partial charge in [0.15, 0.2) is 0 Å². The van der Waals surface area contributed by atoms with E-state index in [0.717, 1.165) is 11.3 Å². The molecule has 152 valence electrons. The molecule has 1 amide bonds. The minimum atomic E-state index is -0.150. The predicted molar refractivity (Wildman–Crippen MR) is 111 cm³/mol. The molecule has 2 rings (SSSR count). The van der Waals surface area contributed by atoms with E-state index in [1.54, 1.807) is 32.4 Å². The van der Waals surface area contributed by atoms with Crippen LogP contribution < -0.4 is 14.8 Å². The number of methoxy groups -OCH3 is 2. The molecule has 0 aliphatic carbocycles.